The van der Waals surface area contributed by atoms with Gasteiger partial charge in [0, 0.05) is 18.7 Å². The predicted molar refractivity (Wildman–Crippen MR) is 128 cm³/mol. The molecule has 7 heteroatoms. The molecule has 1 aromatic heterocycles. The lowest BCUT2D eigenvalue weighted by Gasteiger charge is -2.26. The summed E-state index contributed by atoms with van der Waals surface area (Å²) in [5, 5.41) is 8.57. The first-order chi connectivity index (χ1) is 15.6. The molecule has 0 aliphatic carbocycles. The van der Waals surface area contributed by atoms with Gasteiger partial charge in [-0.2, -0.15) is 0 Å². The van der Waals surface area contributed by atoms with Gasteiger partial charge in [0.1, 0.15) is 0 Å². The SMILES string of the molecule is CC(Sc1nnc(-c2ccccc2)n1N)C(=O)N(Cc1ccccc1)Cc1ccccc1. The molecule has 3 aromatic carbocycles. The molecule has 1 heterocycles. The van der Waals surface area contributed by atoms with Gasteiger partial charge in [0.25, 0.3) is 0 Å². The minimum Gasteiger partial charge on any atom is -0.335 e. The molecule has 1 unspecified atom stereocenters. The Morgan fingerprint density at radius 2 is 1.38 bits per heavy atom. The van der Waals surface area contributed by atoms with Crippen LogP contribution >= 0.6 is 11.8 Å². The van der Waals surface area contributed by atoms with E-state index in [1.54, 1.807) is 0 Å². The molecule has 6 nitrogen and oxygen atoms in total. The largest absolute Gasteiger partial charge is 0.335 e. The van der Waals surface area contributed by atoms with Crippen molar-refractivity contribution >= 4 is 17.7 Å². The minimum absolute atomic E-state index is 0.0203. The number of carbonyl (C=O) groups is 1. The molecule has 4 aromatic rings. The Morgan fingerprint density at radius 1 is 0.875 bits per heavy atom. The van der Waals surface area contributed by atoms with Crippen molar-refractivity contribution in [2.24, 2.45) is 0 Å². The van der Waals surface area contributed by atoms with Gasteiger partial charge in [-0.1, -0.05) is 103 Å². The Balaban J connectivity index is 1.52. The fraction of sp³-hybridized carbons (Fsp3) is 0.160. The van der Waals surface area contributed by atoms with E-state index in [0.717, 1.165) is 16.7 Å². The molecule has 2 N–H and O–H groups in total. The van der Waals surface area contributed by atoms with Gasteiger partial charge in [0.2, 0.25) is 11.1 Å². The molecule has 0 aliphatic heterocycles. The highest BCUT2D eigenvalue weighted by atomic mass is 32.2. The van der Waals surface area contributed by atoms with E-state index in [-0.39, 0.29) is 11.2 Å². The van der Waals surface area contributed by atoms with Crippen LogP contribution in [0.1, 0.15) is 18.1 Å². The van der Waals surface area contributed by atoms with Gasteiger partial charge in [-0.3, -0.25) is 4.79 Å². The zero-order chi connectivity index (χ0) is 22.3. The van der Waals surface area contributed by atoms with Crippen molar-refractivity contribution in [3.63, 3.8) is 0 Å². The van der Waals surface area contributed by atoms with E-state index in [4.69, 9.17) is 5.84 Å². The van der Waals surface area contributed by atoms with Gasteiger partial charge in [-0.25, -0.2) is 4.68 Å². The van der Waals surface area contributed by atoms with Crippen molar-refractivity contribution < 1.29 is 4.79 Å². The fourth-order valence-electron chi connectivity index (χ4n) is 3.43. The zero-order valence-electron chi connectivity index (χ0n) is 17.8. The first kappa shape index (κ1) is 21.6. The van der Waals surface area contributed by atoms with Crippen molar-refractivity contribution in [2.75, 3.05) is 5.84 Å². The molecule has 0 radical (unpaired) electrons. The summed E-state index contributed by atoms with van der Waals surface area (Å²) in [4.78, 5) is 15.3. The molecule has 4 rings (SSSR count). The smallest absolute Gasteiger partial charge is 0.236 e. The van der Waals surface area contributed by atoms with Crippen LogP contribution in [0, 0.1) is 0 Å². The van der Waals surface area contributed by atoms with Gasteiger partial charge in [0.15, 0.2) is 5.82 Å². The van der Waals surface area contributed by atoms with Crippen LogP contribution in [-0.2, 0) is 17.9 Å². The number of amides is 1. The molecular weight excluding hydrogens is 418 g/mol. The van der Waals surface area contributed by atoms with E-state index in [0.29, 0.717) is 24.1 Å². The second-order valence-electron chi connectivity index (χ2n) is 7.47. The Morgan fingerprint density at radius 3 is 1.91 bits per heavy atom. The molecular formula is C25H25N5OS. The van der Waals surface area contributed by atoms with Crippen LogP contribution in [0.2, 0.25) is 0 Å². The summed E-state index contributed by atoms with van der Waals surface area (Å²) in [6.07, 6.45) is 0. The average molecular weight is 444 g/mol. The van der Waals surface area contributed by atoms with Crippen molar-refractivity contribution in [3.05, 3.63) is 102 Å². The third-order valence-corrected chi connectivity index (χ3v) is 6.12. The number of nitrogen functional groups attached to an aromatic ring is 1. The maximum absolute atomic E-state index is 13.5. The quantitative estimate of drug-likeness (QED) is 0.323. The summed E-state index contributed by atoms with van der Waals surface area (Å²) < 4.78 is 1.45. The van der Waals surface area contributed by atoms with Crippen molar-refractivity contribution in [2.45, 2.75) is 30.4 Å². The molecule has 1 atom stereocenters. The average Bonchev–Trinajstić information content (AvgIpc) is 3.20. The lowest BCUT2D eigenvalue weighted by atomic mass is 10.1. The molecule has 1 amide bonds. The summed E-state index contributed by atoms with van der Waals surface area (Å²) in [6.45, 7) is 2.95. The molecule has 0 fully saturated rings. The monoisotopic (exact) mass is 443 g/mol. The van der Waals surface area contributed by atoms with E-state index in [1.165, 1.54) is 16.4 Å². The molecule has 32 heavy (non-hydrogen) atoms. The topological polar surface area (TPSA) is 77.0 Å². The molecule has 0 saturated carbocycles. The van der Waals surface area contributed by atoms with Gasteiger partial charge in [-0.05, 0) is 18.1 Å². The number of nitrogens with zero attached hydrogens (tertiary/aromatic N) is 4. The maximum Gasteiger partial charge on any atom is 0.236 e. The summed E-state index contributed by atoms with van der Waals surface area (Å²) >= 11 is 1.32. The van der Waals surface area contributed by atoms with Gasteiger partial charge < -0.3 is 10.7 Å². The maximum atomic E-state index is 13.5. The normalized spacial score (nSPS) is 11.8. The zero-order valence-corrected chi connectivity index (χ0v) is 18.7. The summed E-state index contributed by atoms with van der Waals surface area (Å²) in [5.41, 5.74) is 3.05. The second kappa shape index (κ2) is 10.2. The van der Waals surface area contributed by atoms with Crippen molar-refractivity contribution in [1.29, 1.82) is 0 Å². The highest BCUT2D eigenvalue weighted by Crippen LogP contribution is 2.26. The Labute approximate surface area is 192 Å². The fourth-order valence-corrected chi connectivity index (χ4v) is 4.28. The number of benzene rings is 3. The van der Waals surface area contributed by atoms with Crippen LogP contribution < -0.4 is 5.84 Å². The molecule has 0 bridgehead atoms. The standard InChI is InChI=1S/C25H25N5OS/c1-19(32-25-28-27-23(30(25)26)22-15-9-4-10-16-22)24(31)29(17-20-11-5-2-6-12-20)18-21-13-7-3-8-14-21/h2-16,19H,17-18,26H2,1H3. The van der Waals surface area contributed by atoms with E-state index >= 15 is 0 Å². The number of aromatic nitrogens is 3. The van der Waals surface area contributed by atoms with Gasteiger partial charge in [0.05, 0.1) is 5.25 Å². The van der Waals surface area contributed by atoms with Crippen LogP contribution in [0.5, 0.6) is 0 Å². The van der Waals surface area contributed by atoms with Crippen LogP contribution in [0.25, 0.3) is 11.4 Å². The molecule has 0 spiro atoms. The number of carbonyl (C=O) groups excluding carboxylic acids is 1. The number of hydrogen-bond donors (Lipinski definition) is 1. The van der Waals surface area contributed by atoms with Crippen LogP contribution in [0.4, 0.5) is 0 Å². The molecule has 0 saturated heterocycles. The van der Waals surface area contributed by atoms with Gasteiger partial charge >= 0.3 is 0 Å². The first-order valence-electron chi connectivity index (χ1n) is 10.4. The number of rotatable bonds is 8. The summed E-state index contributed by atoms with van der Waals surface area (Å²) in [7, 11) is 0. The molecule has 162 valence electrons. The van der Waals surface area contributed by atoms with Crippen LogP contribution in [0.15, 0.2) is 96.2 Å². The number of hydrogen-bond acceptors (Lipinski definition) is 5. The lowest BCUT2D eigenvalue weighted by Crippen LogP contribution is -2.36. The third-order valence-electron chi connectivity index (χ3n) is 5.07. The van der Waals surface area contributed by atoms with E-state index in [1.807, 2.05) is 103 Å². The van der Waals surface area contributed by atoms with Gasteiger partial charge in [-0.15, -0.1) is 10.2 Å². The Kier molecular flexibility index (Phi) is 6.87. The summed E-state index contributed by atoms with van der Waals surface area (Å²) in [6, 6.07) is 29.7. The highest BCUT2D eigenvalue weighted by molar-refractivity contribution is 8.00. The highest BCUT2D eigenvalue weighted by Gasteiger charge is 2.25. The van der Waals surface area contributed by atoms with Crippen molar-refractivity contribution in [3.8, 4) is 11.4 Å². The predicted octanol–water partition coefficient (Wildman–Crippen LogP) is 4.37. The Hall–Kier alpha value is -3.58. The number of nitrogens with two attached hydrogens (primary N) is 1. The van der Waals surface area contributed by atoms with Crippen LogP contribution in [-0.4, -0.2) is 30.9 Å². The lowest BCUT2D eigenvalue weighted by molar-refractivity contribution is -0.131. The first-order valence-corrected chi connectivity index (χ1v) is 11.3. The van der Waals surface area contributed by atoms with Crippen LogP contribution in [0.3, 0.4) is 0 Å². The van der Waals surface area contributed by atoms with Crippen molar-refractivity contribution in [1.82, 2.24) is 19.8 Å². The molecule has 0 aliphatic rings. The van der Waals surface area contributed by atoms with E-state index in [9.17, 15) is 4.79 Å². The van der Waals surface area contributed by atoms with E-state index in [2.05, 4.69) is 10.2 Å². The Bertz CT molecular complexity index is 1110. The van der Waals surface area contributed by atoms with E-state index < -0.39 is 0 Å². The second-order valence-corrected chi connectivity index (χ2v) is 8.78. The minimum atomic E-state index is -0.377. The third kappa shape index (κ3) is 5.18. The summed E-state index contributed by atoms with van der Waals surface area (Å²) in [5.74, 6) is 6.84. The number of thioether (sulfide) groups is 1.